The third-order valence-corrected chi connectivity index (χ3v) is 5.80. The van der Waals surface area contributed by atoms with Crippen molar-refractivity contribution in [3.05, 3.63) is 70.2 Å². The van der Waals surface area contributed by atoms with Crippen LogP contribution >= 0.6 is 11.6 Å². The van der Waals surface area contributed by atoms with Gasteiger partial charge >= 0.3 is 0 Å². The fraction of sp³-hybridized carbons (Fsp3) is 0.440. The van der Waals surface area contributed by atoms with Crippen LogP contribution in [0.3, 0.4) is 0 Å². The Labute approximate surface area is 185 Å². The number of nitrogens with one attached hydrogen (secondary N) is 1. The Kier molecular flexibility index (Phi) is 9.38. The molecule has 2 aromatic rings. The molecule has 30 heavy (non-hydrogen) atoms. The number of nitrogens with zero attached hydrogens (tertiary/aromatic N) is 1. The molecule has 1 N–H and O–H groups in total. The van der Waals surface area contributed by atoms with Crippen LogP contribution in [0.4, 0.5) is 0 Å². The van der Waals surface area contributed by atoms with Crippen LogP contribution in [0.5, 0.6) is 0 Å². The Morgan fingerprint density at radius 3 is 2.30 bits per heavy atom. The van der Waals surface area contributed by atoms with Gasteiger partial charge in [0, 0.05) is 24.0 Å². The van der Waals surface area contributed by atoms with Gasteiger partial charge < -0.3 is 10.2 Å². The average molecular weight is 429 g/mol. The van der Waals surface area contributed by atoms with Crippen LogP contribution in [-0.2, 0) is 22.6 Å². The van der Waals surface area contributed by atoms with E-state index < -0.39 is 6.04 Å². The zero-order valence-corrected chi connectivity index (χ0v) is 19.2. The third kappa shape index (κ3) is 6.88. The Morgan fingerprint density at radius 1 is 1.03 bits per heavy atom. The van der Waals surface area contributed by atoms with Gasteiger partial charge in [-0.3, -0.25) is 9.59 Å². The summed E-state index contributed by atoms with van der Waals surface area (Å²) in [6.07, 6.45) is 2.37. The molecule has 0 aliphatic heterocycles. The van der Waals surface area contributed by atoms with Crippen molar-refractivity contribution in [3.8, 4) is 0 Å². The minimum atomic E-state index is -0.527. The largest absolute Gasteiger partial charge is 0.352 e. The van der Waals surface area contributed by atoms with Gasteiger partial charge in [0.05, 0.1) is 0 Å². The maximum absolute atomic E-state index is 13.3. The molecule has 0 unspecified atom stereocenters. The highest BCUT2D eigenvalue weighted by Gasteiger charge is 2.29. The lowest BCUT2D eigenvalue weighted by molar-refractivity contribution is -0.141. The summed E-state index contributed by atoms with van der Waals surface area (Å²) in [5.41, 5.74) is 3.15. The van der Waals surface area contributed by atoms with Crippen molar-refractivity contribution in [2.24, 2.45) is 0 Å². The minimum Gasteiger partial charge on any atom is -0.352 e. The SMILES string of the molecule is CC[C@H](C)NC(=O)[C@H](CC)N(Cc1ccccc1Cl)C(=O)CCc1ccc(C)cc1. The van der Waals surface area contributed by atoms with E-state index in [1.54, 1.807) is 4.90 Å². The summed E-state index contributed by atoms with van der Waals surface area (Å²) >= 11 is 6.36. The molecule has 2 rings (SSSR count). The smallest absolute Gasteiger partial charge is 0.243 e. The summed E-state index contributed by atoms with van der Waals surface area (Å²) in [5, 5.41) is 3.63. The topological polar surface area (TPSA) is 49.4 Å². The molecule has 2 atom stereocenters. The van der Waals surface area contributed by atoms with Crippen molar-refractivity contribution in [2.75, 3.05) is 0 Å². The molecule has 2 aromatic carbocycles. The molecular weight excluding hydrogens is 396 g/mol. The molecule has 4 nitrogen and oxygen atoms in total. The first-order valence-electron chi connectivity index (χ1n) is 10.7. The molecule has 0 saturated carbocycles. The second-order valence-corrected chi connectivity index (χ2v) is 8.25. The van der Waals surface area contributed by atoms with Crippen molar-refractivity contribution >= 4 is 23.4 Å². The zero-order chi connectivity index (χ0) is 22.1. The van der Waals surface area contributed by atoms with Gasteiger partial charge in [-0.05, 0) is 50.3 Å². The normalized spacial score (nSPS) is 12.8. The summed E-state index contributed by atoms with van der Waals surface area (Å²) in [6.45, 7) is 8.30. The number of amides is 2. The van der Waals surface area contributed by atoms with Gasteiger partial charge in [0.2, 0.25) is 11.8 Å². The van der Waals surface area contributed by atoms with E-state index in [9.17, 15) is 9.59 Å². The molecule has 5 heteroatoms. The molecule has 0 radical (unpaired) electrons. The van der Waals surface area contributed by atoms with Gasteiger partial charge in [0.15, 0.2) is 0 Å². The van der Waals surface area contributed by atoms with Crippen LogP contribution in [0.1, 0.15) is 56.7 Å². The second-order valence-electron chi connectivity index (χ2n) is 7.84. The van der Waals surface area contributed by atoms with E-state index >= 15 is 0 Å². The van der Waals surface area contributed by atoms with Crippen LogP contribution < -0.4 is 5.32 Å². The molecule has 0 heterocycles. The lowest BCUT2D eigenvalue weighted by Gasteiger charge is -2.31. The van der Waals surface area contributed by atoms with E-state index in [4.69, 9.17) is 11.6 Å². The number of aryl methyl sites for hydroxylation is 2. The van der Waals surface area contributed by atoms with E-state index in [1.165, 1.54) is 5.56 Å². The zero-order valence-electron chi connectivity index (χ0n) is 18.5. The predicted molar refractivity (Wildman–Crippen MR) is 123 cm³/mol. The van der Waals surface area contributed by atoms with Gasteiger partial charge in [0.1, 0.15) is 6.04 Å². The van der Waals surface area contributed by atoms with Crippen LogP contribution in [0, 0.1) is 6.92 Å². The molecule has 0 fully saturated rings. The van der Waals surface area contributed by atoms with Crippen molar-refractivity contribution in [1.29, 1.82) is 0 Å². The summed E-state index contributed by atoms with van der Waals surface area (Å²) < 4.78 is 0. The van der Waals surface area contributed by atoms with Gasteiger partial charge in [0.25, 0.3) is 0 Å². The number of benzene rings is 2. The Hall–Kier alpha value is -2.33. The van der Waals surface area contributed by atoms with Gasteiger partial charge in [-0.2, -0.15) is 0 Å². The van der Waals surface area contributed by atoms with Crippen molar-refractivity contribution in [3.63, 3.8) is 0 Å². The molecule has 0 aliphatic carbocycles. The van der Waals surface area contributed by atoms with Gasteiger partial charge in [-0.15, -0.1) is 0 Å². The first-order chi connectivity index (χ1) is 14.3. The number of hydrogen-bond acceptors (Lipinski definition) is 2. The van der Waals surface area contributed by atoms with E-state index in [-0.39, 0.29) is 17.9 Å². The highest BCUT2D eigenvalue weighted by molar-refractivity contribution is 6.31. The molecule has 162 valence electrons. The number of carbonyl (C=O) groups is 2. The number of hydrogen-bond donors (Lipinski definition) is 1. The van der Waals surface area contributed by atoms with E-state index in [2.05, 4.69) is 17.4 Å². The summed E-state index contributed by atoms with van der Waals surface area (Å²) in [4.78, 5) is 27.9. The molecular formula is C25H33ClN2O2. The van der Waals surface area contributed by atoms with Gasteiger partial charge in [-0.25, -0.2) is 0 Å². The molecule has 0 saturated heterocycles. The molecule has 2 amide bonds. The molecule has 0 aliphatic rings. The maximum Gasteiger partial charge on any atom is 0.243 e. The number of carbonyl (C=O) groups excluding carboxylic acids is 2. The third-order valence-electron chi connectivity index (χ3n) is 5.43. The fourth-order valence-electron chi connectivity index (χ4n) is 3.32. The van der Waals surface area contributed by atoms with Crippen molar-refractivity contribution < 1.29 is 9.59 Å². The highest BCUT2D eigenvalue weighted by atomic mass is 35.5. The van der Waals surface area contributed by atoms with Crippen LogP contribution in [0.2, 0.25) is 5.02 Å². The lowest BCUT2D eigenvalue weighted by Crippen LogP contribution is -2.50. The summed E-state index contributed by atoms with van der Waals surface area (Å²) in [6, 6.07) is 15.2. The van der Waals surface area contributed by atoms with Gasteiger partial charge in [-0.1, -0.05) is 73.5 Å². The Balaban J connectivity index is 2.21. The van der Waals surface area contributed by atoms with Crippen LogP contribution in [0.25, 0.3) is 0 Å². The standard InChI is InChI=1S/C25H33ClN2O2/c1-5-19(4)27-25(30)23(6-2)28(17-21-9-7-8-10-22(21)26)24(29)16-15-20-13-11-18(3)12-14-20/h7-14,19,23H,5-6,15-17H2,1-4H3,(H,27,30)/t19-,23-/m0/s1. The van der Waals surface area contributed by atoms with Crippen molar-refractivity contribution in [1.82, 2.24) is 10.2 Å². The average Bonchev–Trinajstić information content (AvgIpc) is 2.74. The van der Waals surface area contributed by atoms with Crippen LogP contribution in [-0.4, -0.2) is 28.8 Å². The van der Waals surface area contributed by atoms with E-state index in [1.807, 2.05) is 64.1 Å². The predicted octanol–water partition coefficient (Wildman–Crippen LogP) is 5.30. The van der Waals surface area contributed by atoms with Crippen LogP contribution in [0.15, 0.2) is 48.5 Å². The quantitative estimate of drug-likeness (QED) is 0.558. The van der Waals surface area contributed by atoms with Crippen molar-refractivity contribution in [2.45, 2.75) is 72.0 Å². The highest BCUT2D eigenvalue weighted by Crippen LogP contribution is 2.21. The summed E-state index contributed by atoms with van der Waals surface area (Å²) in [7, 11) is 0. The Bertz CT molecular complexity index is 835. The number of rotatable bonds is 10. The molecule has 0 spiro atoms. The summed E-state index contributed by atoms with van der Waals surface area (Å²) in [5.74, 6) is -0.149. The second kappa shape index (κ2) is 11.8. The monoisotopic (exact) mass is 428 g/mol. The Morgan fingerprint density at radius 2 is 1.70 bits per heavy atom. The first-order valence-corrected chi connectivity index (χ1v) is 11.1. The first kappa shape index (κ1) is 23.9. The molecule has 0 bridgehead atoms. The maximum atomic E-state index is 13.3. The fourth-order valence-corrected chi connectivity index (χ4v) is 3.52. The minimum absolute atomic E-state index is 0.0401. The lowest BCUT2D eigenvalue weighted by atomic mass is 10.0. The number of halogens is 1. The van der Waals surface area contributed by atoms with E-state index in [0.717, 1.165) is 17.5 Å². The molecule has 0 aromatic heterocycles. The van der Waals surface area contributed by atoms with E-state index in [0.29, 0.717) is 30.8 Å².